The molecule has 1 heterocycles. The first-order valence-corrected chi connectivity index (χ1v) is 11.1. The Morgan fingerprint density at radius 3 is 2.41 bits per heavy atom. The van der Waals surface area contributed by atoms with Gasteiger partial charge in [-0.15, -0.1) is 24.0 Å². The molecule has 0 radical (unpaired) electrons. The van der Waals surface area contributed by atoms with Crippen LogP contribution in [-0.2, 0) is 17.8 Å². The summed E-state index contributed by atoms with van der Waals surface area (Å²) in [6.07, 6.45) is 1.03. The van der Waals surface area contributed by atoms with Crippen LogP contribution < -0.4 is 15.4 Å². The molecule has 6 nitrogen and oxygen atoms in total. The minimum absolute atomic E-state index is 0. The Bertz CT molecular complexity index is 823. The number of methoxy groups -OCH3 is 1. The lowest BCUT2D eigenvalue weighted by Gasteiger charge is -2.27. The highest BCUT2D eigenvalue weighted by molar-refractivity contribution is 14.0. The zero-order valence-corrected chi connectivity index (χ0v) is 21.8. The summed E-state index contributed by atoms with van der Waals surface area (Å²) in [6, 6.07) is 17.0. The van der Waals surface area contributed by atoms with E-state index in [-0.39, 0.29) is 24.0 Å². The highest BCUT2D eigenvalue weighted by Gasteiger charge is 2.13. The number of ether oxygens (including phenoxy) is 2. The van der Waals surface area contributed by atoms with Gasteiger partial charge in [-0.2, -0.15) is 0 Å². The Morgan fingerprint density at radius 1 is 1.06 bits per heavy atom. The third-order valence-corrected chi connectivity index (χ3v) is 5.84. The molecule has 7 heteroatoms. The average molecular weight is 553 g/mol. The van der Waals surface area contributed by atoms with Crippen molar-refractivity contribution in [2.75, 3.05) is 47.0 Å². The fourth-order valence-corrected chi connectivity index (χ4v) is 3.79. The maximum atomic E-state index is 5.47. The van der Waals surface area contributed by atoms with E-state index in [0.29, 0.717) is 5.92 Å². The Hall–Kier alpha value is -1.84. The highest BCUT2D eigenvalue weighted by atomic mass is 127. The average Bonchev–Trinajstić information content (AvgIpc) is 2.82. The van der Waals surface area contributed by atoms with Gasteiger partial charge in [-0.25, -0.2) is 0 Å². The van der Waals surface area contributed by atoms with Crippen LogP contribution in [-0.4, -0.2) is 57.9 Å². The molecule has 32 heavy (non-hydrogen) atoms. The summed E-state index contributed by atoms with van der Waals surface area (Å²) >= 11 is 0. The van der Waals surface area contributed by atoms with Crippen molar-refractivity contribution in [2.24, 2.45) is 4.99 Å². The molecule has 1 aliphatic heterocycles. The van der Waals surface area contributed by atoms with Crippen LogP contribution in [0, 0.1) is 0 Å². The normalized spacial score (nSPS) is 15.5. The molecule has 1 aliphatic rings. The molecule has 2 aromatic rings. The SMILES string of the molecule is CN=C(NCCC(C)c1ccc(OC)cc1)NCc1ccccc1CN1CCOCC1.I. The van der Waals surface area contributed by atoms with Gasteiger partial charge in [0, 0.05) is 39.8 Å². The van der Waals surface area contributed by atoms with E-state index in [9.17, 15) is 0 Å². The van der Waals surface area contributed by atoms with Gasteiger partial charge in [0.05, 0.1) is 20.3 Å². The number of benzene rings is 2. The molecule has 0 aliphatic carbocycles. The van der Waals surface area contributed by atoms with Crippen LogP contribution in [0.15, 0.2) is 53.5 Å². The predicted octanol–water partition coefficient (Wildman–Crippen LogP) is 4.00. The summed E-state index contributed by atoms with van der Waals surface area (Å²) in [5.74, 6) is 2.20. The molecule has 1 fully saturated rings. The smallest absolute Gasteiger partial charge is 0.191 e. The molecule has 1 saturated heterocycles. The van der Waals surface area contributed by atoms with Crippen LogP contribution in [0.25, 0.3) is 0 Å². The zero-order valence-electron chi connectivity index (χ0n) is 19.5. The Balaban J connectivity index is 0.00000363. The molecule has 1 atom stereocenters. The van der Waals surface area contributed by atoms with E-state index in [0.717, 1.165) is 64.1 Å². The lowest BCUT2D eigenvalue weighted by molar-refractivity contribution is 0.0341. The van der Waals surface area contributed by atoms with Crippen LogP contribution in [0.2, 0.25) is 0 Å². The summed E-state index contributed by atoms with van der Waals surface area (Å²) in [5.41, 5.74) is 3.99. The van der Waals surface area contributed by atoms with Crippen molar-refractivity contribution < 1.29 is 9.47 Å². The molecule has 2 N–H and O–H groups in total. The van der Waals surface area contributed by atoms with Crippen LogP contribution in [0.5, 0.6) is 5.75 Å². The Morgan fingerprint density at radius 2 is 1.75 bits per heavy atom. The van der Waals surface area contributed by atoms with Crippen molar-refractivity contribution in [2.45, 2.75) is 32.4 Å². The van der Waals surface area contributed by atoms with Crippen molar-refractivity contribution in [3.63, 3.8) is 0 Å². The number of hydrogen-bond donors (Lipinski definition) is 2. The summed E-state index contributed by atoms with van der Waals surface area (Å²) in [6.45, 7) is 8.48. The minimum Gasteiger partial charge on any atom is -0.497 e. The topological polar surface area (TPSA) is 58.1 Å². The van der Waals surface area contributed by atoms with Crippen LogP contribution in [0.1, 0.15) is 36.0 Å². The summed E-state index contributed by atoms with van der Waals surface area (Å²) in [7, 11) is 3.52. The maximum Gasteiger partial charge on any atom is 0.191 e. The summed E-state index contributed by atoms with van der Waals surface area (Å²) in [4.78, 5) is 6.85. The molecule has 3 rings (SSSR count). The van der Waals surface area contributed by atoms with Crippen molar-refractivity contribution in [1.29, 1.82) is 0 Å². The second-order valence-corrected chi connectivity index (χ2v) is 7.97. The molecular formula is C25H37IN4O2. The standard InChI is InChI=1S/C25H36N4O2.HI/c1-20(21-8-10-24(30-3)11-9-21)12-13-27-25(26-2)28-18-22-6-4-5-7-23(22)19-29-14-16-31-17-15-29;/h4-11,20H,12-19H2,1-3H3,(H2,26,27,28);1H. The predicted molar refractivity (Wildman–Crippen MR) is 142 cm³/mol. The summed E-state index contributed by atoms with van der Waals surface area (Å²) in [5, 5.41) is 6.92. The third-order valence-electron chi connectivity index (χ3n) is 5.84. The Kier molecular flexibility index (Phi) is 11.8. The molecule has 2 aromatic carbocycles. The van der Waals surface area contributed by atoms with Gasteiger partial charge in [0.25, 0.3) is 0 Å². The molecular weight excluding hydrogens is 515 g/mol. The number of guanidine groups is 1. The van der Waals surface area contributed by atoms with Gasteiger partial charge in [0.2, 0.25) is 0 Å². The van der Waals surface area contributed by atoms with Gasteiger partial charge >= 0.3 is 0 Å². The van der Waals surface area contributed by atoms with Gasteiger partial charge < -0.3 is 20.1 Å². The molecule has 0 aromatic heterocycles. The fourth-order valence-electron chi connectivity index (χ4n) is 3.79. The first-order chi connectivity index (χ1) is 15.2. The van der Waals surface area contributed by atoms with Crippen molar-refractivity contribution >= 4 is 29.9 Å². The molecule has 0 bridgehead atoms. The van der Waals surface area contributed by atoms with E-state index in [1.807, 2.05) is 19.2 Å². The first-order valence-electron chi connectivity index (χ1n) is 11.1. The van der Waals surface area contributed by atoms with Crippen molar-refractivity contribution in [3.05, 3.63) is 65.2 Å². The van der Waals surface area contributed by atoms with Gasteiger partial charge in [0.1, 0.15) is 5.75 Å². The van der Waals surface area contributed by atoms with Crippen molar-refractivity contribution in [1.82, 2.24) is 15.5 Å². The van der Waals surface area contributed by atoms with Gasteiger partial charge in [-0.1, -0.05) is 43.3 Å². The Labute approximate surface area is 209 Å². The van der Waals surface area contributed by atoms with E-state index in [1.54, 1.807) is 7.11 Å². The quantitative estimate of drug-likeness (QED) is 0.280. The molecule has 0 saturated carbocycles. The van der Waals surface area contributed by atoms with Crippen LogP contribution in [0.4, 0.5) is 0 Å². The number of hydrogen-bond acceptors (Lipinski definition) is 4. The number of nitrogens with zero attached hydrogens (tertiary/aromatic N) is 2. The van der Waals surface area contributed by atoms with Gasteiger partial charge in [-0.3, -0.25) is 9.89 Å². The van der Waals surface area contributed by atoms with E-state index in [4.69, 9.17) is 9.47 Å². The maximum absolute atomic E-state index is 5.47. The molecule has 0 spiro atoms. The van der Waals surface area contributed by atoms with E-state index in [1.165, 1.54) is 16.7 Å². The lowest BCUT2D eigenvalue weighted by atomic mass is 9.98. The van der Waals surface area contributed by atoms with E-state index >= 15 is 0 Å². The molecule has 1 unspecified atom stereocenters. The molecule has 176 valence electrons. The number of rotatable bonds is 9. The monoisotopic (exact) mass is 552 g/mol. The highest BCUT2D eigenvalue weighted by Crippen LogP contribution is 2.21. The lowest BCUT2D eigenvalue weighted by Crippen LogP contribution is -2.38. The number of aliphatic imine (C=N–C) groups is 1. The first kappa shape index (κ1) is 26.4. The van der Waals surface area contributed by atoms with E-state index < -0.39 is 0 Å². The second kappa shape index (κ2) is 14.3. The molecule has 0 amide bonds. The second-order valence-electron chi connectivity index (χ2n) is 7.97. The van der Waals surface area contributed by atoms with E-state index in [2.05, 4.69) is 63.8 Å². The summed E-state index contributed by atoms with van der Waals surface area (Å²) < 4.78 is 10.7. The largest absolute Gasteiger partial charge is 0.497 e. The number of halogens is 1. The van der Waals surface area contributed by atoms with Gasteiger partial charge in [-0.05, 0) is 41.2 Å². The van der Waals surface area contributed by atoms with Crippen LogP contribution >= 0.6 is 24.0 Å². The fraction of sp³-hybridized carbons (Fsp3) is 0.480. The van der Waals surface area contributed by atoms with Gasteiger partial charge in [0.15, 0.2) is 5.96 Å². The number of nitrogens with one attached hydrogen (secondary N) is 2. The number of morpholine rings is 1. The van der Waals surface area contributed by atoms with Crippen LogP contribution in [0.3, 0.4) is 0 Å². The van der Waals surface area contributed by atoms with Crippen molar-refractivity contribution in [3.8, 4) is 5.75 Å². The zero-order chi connectivity index (χ0) is 21.9. The third kappa shape index (κ3) is 8.26. The minimum atomic E-state index is 0.